The van der Waals surface area contributed by atoms with Crippen LogP contribution < -0.4 is 10.6 Å². The van der Waals surface area contributed by atoms with Gasteiger partial charge in [0.1, 0.15) is 12.6 Å². The van der Waals surface area contributed by atoms with E-state index < -0.39 is 36.2 Å². The Labute approximate surface area is 202 Å². The Bertz CT molecular complexity index is 1020. The van der Waals surface area contributed by atoms with Gasteiger partial charge in [-0.3, -0.25) is 4.79 Å². The molecule has 0 radical (unpaired) electrons. The largest absolute Gasteiger partial charge is 0.479 e. The van der Waals surface area contributed by atoms with Crippen LogP contribution in [0.1, 0.15) is 29.9 Å². The van der Waals surface area contributed by atoms with Gasteiger partial charge in [-0.05, 0) is 47.1 Å². The third kappa shape index (κ3) is 5.20. The molecule has 1 aliphatic heterocycles. The fourth-order valence-electron chi connectivity index (χ4n) is 4.55. The molecule has 180 valence electrons. The zero-order chi connectivity index (χ0) is 24.1. The van der Waals surface area contributed by atoms with Crippen molar-refractivity contribution < 1.29 is 29.0 Å². The average Bonchev–Trinajstić information content (AvgIpc) is 3.43. The highest BCUT2D eigenvalue weighted by molar-refractivity contribution is 7.98. The van der Waals surface area contributed by atoms with E-state index in [9.17, 15) is 19.5 Å². The number of ether oxygens (including phenoxy) is 2. The topological polar surface area (TPSA) is 114 Å². The molecule has 1 saturated heterocycles. The number of rotatable bonds is 9. The van der Waals surface area contributed by atoms with Crippen molar-refractivity contribution in [3.8, 4) is 11.1 Å². The van der Waals surface area contributed by atoms with Crippen molar-refractivity contribution in [2.45, 2.75) is 36.9 Å². The average molecular weight is 485 g/mol. The predicted molar refractivity (Wildman–Crippen MR) is 129 cm³/mol. The second kappa shape index (κ2) is 10.9. The van der Waals surface area contributed by atoms with Gasteiger partial charge in [-0.1, -0.05) is 48.5 Å². The molecule has 2 amide bonds. The zero-order valence-electron chi connectivity index (χ0n) is 18.9. The first-order valence-corrected chi connectivity index (χ1v) is 12.6. The van der Waals surface area contributed by atoms with Crippen LogP contribution in [-0.4, -0.2) is 66.5 Å². The molecular formula is C25H28N2O6S. The molecule has 1 aliphatic carbocycles. The van der Waals surface area contributed by atoms with Gasteiger partial charge in [0, 0.05) is 12.5 Å². The summed E-state index contributed by atoms with van der Waals surface area (Å²) in [6.07, 6.45) is 0.944. The van der Waals surface area contributed by atoms with Crippen LogP contribution in [0.5, 0.6) is 0 Å². The Morgan fingerprint density at radius 3 is 2.38 bits per heavy atom. The Morgan fingerprint density at radius 1 is 1.12 bits per heavy atom. The number of carbonyl (C=O) groups excluding carboxylic acids is 2. The first-order valence-electron chi connectivity index (χ1n) is 11.2. The number of amides is 2. The Kier molecular flexibility index (Phi) is 7.74. The maximum atomic E-state index is 12.9. The maximum absolute atomic E-state index is 12.9. The molecule has 2 aliphatic rings. The minimum absolute atomic E-state index is 0.0800. The second-order valence-electron chi connectivity index (χ2n) is 8.34. The van der Waals surface area contributed by atoms with E-state index in [4.69, 9.17) is 9.47 Å². The second-order valence-corrected chi connectivity index (χ2v) is 9.32. The Balaban J connectivity index is 1.39. The van der Waals surface area contributed by atoms with Gasteiger partial charge in [-0.2, -0.15) is 11.8 Å². The smallest absolute Gasteiger partial charge is 0.407 e. The van der Waals surface area contributed by atoms with Crippen LogP contribution in [0.25, 0.3) is 11.1 Å². The monoisotopic (exact) mass is 484 g/mol. The number of benzene rings is 2. The zero-order valence-corrected chi connectivity index (χ0v) is 19.7. The SMILES string of the molecule is CSCCC(NC(=O)OCC1c2ccccc2-c2ccccc21)C(=O)N[C@@H]1CCO[C@@H]1C(=O)O. The lowest BCUT2D eigenvalue weighted by Gasteiger charge is -2.22. The van der Waals surface area contributed by atoms with Crippen LogP contribution in [0.15, 0.2) is 48.5 Å². The van der Waals surface area contributed by atoms with E-state index >= 15 is 0 Å². The van der Waals surface area contributed by atoms with Crippen LogP contribution in [0.3, 0.4) is 0 Å². The van der Waals surface area contributed by atoms with Crippen molar-refractivity contribution in [3.05, 3.63) is 59.7 Å². The van der Waals surface area contributed by atoms with Gasteiger partial charge in [-0.15, -0.1) is 0 Å². The summed E-state index contributed by atoms with van der Waals surface area (Å²) in [5.74, 6) is -0.994. The van der Waals surface area contributed by atoms with Crippen LogP contribution in [0.4, 0.5) is 4.79 Å². The van der Waals surface area contributed by atoms with Gasteiger partial charge < -0.3 is 25.2 Å². The van der Waals surface area contributed by atoms with Crippen LogP contribution in [-0.2, 0) is 19.1 Å². The summed E-state index contributed by atoms with van der Waals surface area (Å²) in [5.41, 5.74) is 4.48. The number of nitrogens with one attached hydrogen (secondary N) is 2. The maximum Gasteiger partial charge on any atom is 0.407 e. The van der Waals surface area contributed by atoms with Crippen molar-refractivity contribution in [1.29, 1.82) is 0 Å². The summed E-state index contributed by atoms with van der Waals surface area (Å²) < 4.78 is 10.8. The van der Waals surface area contributed by atoms with E-state index in [0.29, 0.717) is 18.6 Å². The van der Waals surface area contributed by atoms with Gasteiger partial charge in [-0.25, -0.2) is 9.59 Å². The van der Waals surface area contributed by atoms with Crippen molar-refractivity contribution in [2.24, 2.45) is 0 Å². The number of aliphatic carboxylic acids is 1. The van der Waals surface area contributed by atoms with Crippen LogP contribution in [0.2, 0.25) is 0 Å². The van der Waals surface area contributed by atoms with Gasteiger partial charge >= 0.3 is 12.1 Å². The lowest BCUT2D eigenvalue weighted by atomic mass is 9.98. The molecule has 3 N–H and O–H groups in total. The van der Waals surface area contributed by atoms with E-state index in [1.807, 2.05) is 42.7 Å². The quantitative estimate of drug-likeness (QED) is 0.501. The summed E-state index contributed by atoms with van der Waals surface area (Å²) in [6.45, 7) is 0.408. The number of hydrogen-bond acceptors (Lipinski definition) is 6. The highest BCUT2D eigenvalue weighted by Gasteiger charge is 2.37. The number of carboxylic acid groups (broad SMARTS) is 1. The number of carbonyl (C=O) groups is 3. The Morgan fingerprint density at radius 2 is 1.76 bits per heavy atom. The van der Waals surface area contributed by atoms with Crippen LogP contribution in [0, 0.1) is 0 Å². The van der Waals surface area contributed by atoms with Gasteiger partial charge in [0.2, 0.25) is 5.91 Å². The number of carboxylic acids is 1. The van der Waals surface area contributed by atoms with E-state index in [-0.39, 0.29) is 19.1 Å². The minimum atomic E-state index is -1.12. The summed E-state index contributed by atoms with van der Waals surface area (Å²) in [6, 6.07) is 14.7. The molecule has 1 fully saturated rings. The number of alkyl carbamates (subject to hydrolysis) is 1. The fourth-order valence-corrected chi connectivity index (χ4v) is 5.02. The highest BCUT2D eigenvalue weighted by atomic mass is 32.2. The lowest BCUT2D eigenvalue weighted by Crippen LogP contribution is -2.53. The molecule has 2 aromatic rings. The molecule has 0 saturated carbocycles. The number of fused-ring (bicyclic) bond motifs is 3. The summed E-state index contributed by atoms with van der Waals surface area (Å²) in [4.78, 5) is 36.9. The normalized spacial score (nSPS) is 19.7. The van der Waals surface area contributed by atoms with E-state index in [1.54, 1.807) is 11.8 Å². The molecule has 0 spiro atoms. The standard InChI is InChI=1S/C25H28N2O6S/c1-34-13-11-21(23(28)26-20-10-12-32-22(20)24(29)30)27-25(31)33-14-19-17-8-4-2-6-15(17)16-7-3-5-9-18(16)19/h2-9,19-22H,10-14H2,1H3,(H,26,28)(H,27,31)(H,29,30)/t20-,21?,22+/m1/s1. The van der Waals surface area contributed by atoms with Crippen LogP contribution >= 0.6 is 11.8 Å². The molecular weight excluding hydrogens is 456 g/mol. The molecule has 3 atom stereocenters. The molecule has 0 aromatic heterocycles. The predicted octanol–water partition coefficient (Wildman–Crippen LogP) is 3.01. The van der Waals surface area contributed by atoms with Gasteiger partial charge in [0.05, 0.1) is 6.04 Å². The molecule has 8 nitrogen and oxygen atoms in total. The molecule has 2 aromatic carbocycles. The first-order chi connectivity index (χ1) is 16.5. The molecule has 9 heteroatoms. The number of hydrogen-bond donors (Lipinski definition) is 3. The van der Waals surface area contributed by atoms with E-state index in [0.717, 1.165) is 22.3 Å². The highest BCUT2D eigenvalue weighted by Crippen LogP contribution is 2.44. The number of thioether (sulfide) groups is 1. The van der Waals surface area contributed by atoms with Crippen molar-refractivity contribution in [2.75, 3.05) is 25.2 Å². The van der Waals surface area contributed by atoms with Gasteiger partial charge in [0.15, 0.2) is 6.10 Å². The third-order valence-electron chi connectivity index (χ3n) is 6.23. The Hall–Kier alpha value is -3.04. The van der Waals surface area contributed by atoms with Crippen molar-refractivity contribution in [3.63, 3.8) is 0 Å². The van der Waals surface area contributed by atoms with Crippen molar-refractivity contribution in [1.82, 2.24) is 10.6 Å². The van der Waals surface area contributed by atoms with E-state index in [2.05, 4.69) is 22.8 Å². The lowest BCUT2D eigenvalue weighted by molar-refractivity contribution is -0.148. The first kappa shape index (κ1) is 24.1. The molecule has 34 heavy (non-hydrogen) atoms. The van der Waals surface area contributed by atoms with E-state index in [1.165, 1.54) is 0 Å². The summed E-state index contributed by atoms with van der Waals surface area (Å²) >= 11 is 1.55. The fraction of sp³-hybridized carbons (Fsp3) is 0.400. The minimum Gasteiger partial charge on any atom is -0.479 e. The summed E-state index contributed by atoms with van der Waals surface area (Å²) in [5, 5.41) is 14.7. The molecule has 0 bridgehead atoms. The summed E-state index contributed by atoms with van der Waals surface area (Å²) in [7, 11) is 0. The van der Waals surface area contributed by atoms with Crippen molar-refractivity contribution >= 4 is 29.7 Å². The molecule has 1 unspecified atom stereocenters. The third-order valence-corrected chi connectivity index (χ3v) is 6.87. The molecule has 1 heterocycles. The molecule has 4 rings (SSSR count). The van der Waals surface area contributed by atoms with Gasteiger partial charge in [0.25, 0.3) is 0 Å².